The molecule has 8 heavy (non-hydrogen) atoms. The van der Waals surface area contributed by atoms with Gasteiger partial charge in [-0.05, 0) is 12.5 Å². The fraction of sp³-hybridized carbons (Fsp3) is 0.600. The highest BCUT2D eigenvalue weighted by atomic mass is 32.2. The molecule has 3 heteroatoms. The van der Waals surface area contributed by atoms with Crippen molar-refractivity contribution in [1.29, 1.82) is 0 Å². The quantitative estimate of drug-likeness (QED) is 0.535. The zero-order chi connectivity index (χ0) is 5.82. The summed E-state index contributed by atoms with van der Waals surface area (Å²) in [6.07, 6.45) is 6.12. The Kier molecular flexibility index (Phi) is 2.24. The summed E-state index contributed by atoms with van der Waals surface area (Å²) in [5.41, 5.74) is 0.417. The van der Waals surface area contributed by atoms with E-state index in [1.54, 1.807) is 11.8 Å². The standard InChI is InChI=1S/C5H10N2S/c1-8-5-6-3-2-4-7-5/h2-3,5-7H,4H2,1H3. The first-order chi connectivity index (χ1) is 3.93. The van der Waals surface area contributed by atoms with E-state index in [4.69, 9.17) is 0 Å². The van der Waals surface area contributed by atoms with E-state index in [9.17, 15) is 0 Å². The van der Waals surface area contributed by atoms with Crippen molar-refractivity contribution in [2.24, 2.45) is 0 Å². The number of thioether (sulfide) groups is 1. The molecular weight excluding hydrogens is 120 g/mol. The van der Waals surface area contributed by atoms with Crippen LogP contribution in [0.4, 0.5) is 0 Å². The lowest BCUT2D eigenvalue weighted by molar-refractivity contribution is 0.622. The smallest absolute Gasteiger partial charge is 0.125 e. The second-order valence-corrected chi connectivity index (χ2v) is 2.54. The highest BCUT2D eigenvalue weighted by Gasteiger charge is 2.02. The van der Waals surface area contributed by atoms with Gasteiger partial charge < -0.3 is 5.32 Å². The van der Waals surface area contributed by atoms with Gasteiger partial charge in [0.1, 0.15) is 5.50 Å². The van der Waals surface area contributed by atoms with E-state index >= 15 is 0 Å². The molecule has 0 saturated heterocycles. The summed E-state index contributed by atoms with van der Waals surface area (Å²) < 4.78 is 0. The van der Waals surface area contributed by atoms with Crippen molar-refractivity contribution in [2.75, 3.05) is 12.8 Å². The van der Waals surface area contributed by atoms with Gasteiger partial charge in [0.05, 0.1) is 0 Å². The van der Waals surface area contributed by atoms with Crippen LogP contribution >= 0.6 is 11.8 Å². The Morgan fingerprint density at radius 1 is 1.75 bits per heavy atom. The van der Waals surface area contributed by atoms with Crippen molar-refractivity contribution in [3.63, 3.8) is 0 Å². The van der Waals surface area contributed by atoms with Crippen molar-refractivity contribution in [3.05, 3.63) is 12.3 Å². The average Bonchev–Trinajstić information content (AvgIpc) is 1.90. The lowest BCUT2D eigenvalue weighted by Crippen LogP contribution is -2.39. The molecule has 1 unspecified atom stereocenters. The largest absolute Gasteiger partial charge is 0.368 e. The summed E-state index contributed by atoms with van der Waals surface area (Å²) in [7, 11) is 0. The van der Waals surface area contributed by atoms with Gasteiger partial charge in [0, 0.05) is 6.54 Å². The van der Waals surface area contributed by atoms with Crippen LogP contribution in [0, 0.1) is 0 Å². The second-order valence-electron chi connectivity index (χ2n) is 1.59. The Hall–Kier alpha value is -0.150. The van der Waals surface area contributed by atoms with Gasteiger partial charge in [0.2, 0.25) is 0 Å². The first-order valence-corrected chi connectivity index (χ1v) is 3.89. The Labute approximate surface area is 53.7 Å². The molecule has 0 spiro atoms. The third-order valence-electron chi connectivity index (χ3n) is 1.02. The summed E-state index contributed by atoms with van der Waals surface area (Å²) in [5, 5.41) is 6.37. The van der Waals surface area contributed by atoms with Crippen molar-refractivity contribution >= 4 is 11.8 Å². The zero-order valence-electron chi connectivity index (χ0n) is 4.85. The van der Waals surface area contributed by atoms with Gasteiger partial charge in [0.25, 0.3) is 0 Å². The molecule has 1 heterocycles. The first-order valence-electron chi connectivity index (χ1n) is 2.61. The molecule has 0 amide bonds. The van der Waals surface area contributed by atoms with Gasteiger partial charge in [-0.2, -0.15) is 0 Å². The highest BCUT2D eigenvalue weighted by molar-refractivity contribution is 7.99. The summed E-state index contributed by atoms with van der Waals surface area (Å²) in [5.74, 6) is 0. The molecule has 1 rings (SSSR count). The Morgan fingerprint density at radius 3 is 3.00 bits per heavy atom. The number of hydrogen-bond donors (Lipinski definition) is 2. The molecule has 2 nitrogen and oxygen atoms in total. The van der Waals surface area contributed by atoms with Crippen LogP contribution in [0.2, 0.25) is 0 Å². The fourth-order valence-corrected chi connectivity index (χ4v) is 1.08. The minimum atomic E-state index is 0.417. The van der Waals surface area contributed by atoms with Gasteiger partial charge in [0.15, 0.2) is 0 Å². The van der Waals surface area contributed by atoms with Crippen LogP contribution < -0.4 is 10.6 Å². The third kappa shape index (κ3) is 1.42. The normalized spacial score (nSPS) is 27.4. The monoisotopic (exact) mass is 130 g/mol. The van der Waals surface area contributed by atoms with Gasteiger partial charge in [-0.1, -0.05) is 6.08 Å². The van der Waals surface area contributed by atoms with Crippen LogP contribution in [0.3, 0.4) is 0 Å². The molecule has 0 radical (unpaired) electrons. The maximum absolute atomic E-state index is 3.23. The van der Waals surface area contributed by atoms with Gasteiger partial charge in [-0.25, -0.2) is 0 Å². The van der Waals surface area contributed by atoms with E-state index in [1.807, 2.05) is 6.20 Å². The maximum Gasteiger partial charge on any atom is 0.125 e. The molecule has 0 bridgehead atoms. The molecule has 1 aliphatic heterocycles. The minimum Gasteiger partial charge on any atom is -0.368 e. The maximum atomic E-state index is 3.23. The van der Waals surface area contributed by atoms with E-state index in [1.165, 1.54) is 0 Å². The predicted molar refractivity (Wildman–Crippen MR) is 37.6 cm³/mol. The average molecular weight is 130 g/mol. The van der Waals surface area contributed by atoms with Crippen molar-refractivity contribution in [3.8, 4) is 0 Å². The van der Waals surface area contributed by atoms with Crippen LogP contribution in [0.1, 0.15) is 0 Å². The van der Waals surface area contributed by atoms with Crippen LogP contribution in [0.15, 0.2) is 12.3 Å². The van der Waals surface area contributed by atoms with Crippen molar-refractivity contribution in [1.82, 2.24) is 10.6 Å². The van der Waals surface area contributed by atoms with Gasteiger partial charge in [-0.3, -0.25) is 5.32 Å². The number of nitrogens with one attached hydrogen (secondary N) is 2. The Balaban J connectivity index is 2.27. The molecule has 0 saturated carbocycles. The summed E-state index contributed by atoms with van der Waals surface area (Å²) in [6, 6.07) is 0. The predicted octanol–water partition coefficient (Wildman–Crippen LogP) is 0.339. The lowest BCUT2D eigenvalue weighted by Gasteiger charge is -2.18. The van der Waals surface area contributed by atoms with E-state index in [0.717, 1.165) is 6.54 Å². The molecule has 0 aromatic heterocycles. The summed E-state index contributed by atoms with van der Waals surface area (Å²) in [6.45, 7) is 0.985. The summed E-state index contributed by atoms with van der Waals surface area (Å²) in [4.78, 5) is 0. The molecule has 2 N–H and O–H groups in total. The molecule has 0 aromatic rings. The van der Waals surface area contributed by atoms with E-state index in [2.05, 4.69) is 23.0 Å². The van der Waals surface area contributed by atoms with Crippen LogP contribution in [0.25, 0.3) is 0 Å². The SMILES string of the molecule is CSC1NC=CCN1. The number of hydrogen-bond acceptors (Lipinski definition) is 3. The molecule has 1 atom stereocenters. The van der Waals surface area contributed by atoms with E-state index < -0.39 is 0 Å². The highest BCUT2D eigenvalue weighted by Crippen LogP contribution is 1.99. The Morgan fingerprint density at radius 2 is 2.62 bits per heavy atom. The molecular formula is C5H10N2S. The second kappa shape index (κ2) is 2.99. The molecule has 0 fully saturated rings. The fourth-order valence-electron chi connectivity index (χ4n) is 0.600. The van der Waals surface area contributed by atoms with Crippen molar-refractivity contribution < 1.29 is 0 Å². The third-order valence-corrected chi connectivity index (χ3v) is 1.80. The molecule has 0 aromatic carbocycles. The number of rotatable bonds is 1. The van der Waals surface area contributed by atoms with Gasteiger partial charge in [-0.15, -0.1) is 11.8 Å². The zero-order valence-corrected chi connectivity index (χ0v) is 5.66. The summed E-state index contributed by atoms with van der Waals surface area (Å²) >= 11 is 1.77. The lowest BCUT2D eigenvalue weighted by atomic mass is 10.5. The van der Waals surface area contributed by atoms with Crippen LogP contribution in [0.5, 0.6) is 0 Å². The van der Waals surface area contributed by atoms with E-state index in [-0.39, 0.29) is 0 Å². The molecule has 46 valence electrons. The van der Waals surface area contributed by atoms with E-state index in [0.29, 0.717) is 5.50 Å². The van der Waals surface area contributed by atoms with Crippen LogP contribution in [-0.2, 0) is 0 Å². The van der Waals surface area contributed by atoms with Gasteiger partial charge >= 0.3 is 0 Å². The van der Waals surface area contributed by atoms with Crippen LogP contribution in [-0.4, -0.2) is 18.3 Å². The first kappa shape index (κ1) is 5.98. The molecule has 0 aliphatic carbocycles. The minimum absolute atomic E-state index is 0.417. The topological polar surface area (TPSA) is 24.1 Å². The Bertz CT molecular complexity index is 92.4. The van der Waals surface area contributed by atoms with Crippen molar-refractivity contribution in [2.45, 2.75) is 5.50 Å². The molecule has 1 aliphatic rings.